The van der Waals surface area contributed by atoms with Crippen molar-refractivity contribution in [3.05, 3.63) is 46.7 Å². The predicted octanol–water partition coefficient (Wildman–Crippen LogP) is 2.15. The maximum atomic E-state index is 12.1. The topological polar surface area (TPSA) is 95.6 Å². The van der Waals surface area contributed by atoms with Crippen molar-refractivity contribution in [3.8, 4) is 0 Å². The number of rotatable bonds is 8. The average Bonchev–Trinajstić information content (AvgIpc) is 3.13. The van der Waals surface area contributed by atoms with Crippen molar-refractivity contribution in [2.75, 3.05) is 26.0 Å². The van der Waals surface area contributed by atoms with Crippen LogP contribution in [0.4, 0.5) is 5.69 Å². The Morgan fingerprint density at radius 2 is 1.96 bits per heavy atom. The first-order chi connectivity index (χ1) is 12.3. The predicted molar refractivity (Wildman–Crippen MR) is 102 cm³/mol. The Kier molecular flexibility index (Phi) is 6.90. The van der Waals surface area contributed by atoms with Crippen LogP contribution in [-0.4, -0.2) is 45.2 Å². The monoisotopic (exact) mass is 395 g/mol. The van der Waals surface area contributed by atoms with Gasteiger partial charge in [-0.1, -0.05) is 6.07 Å². The fourth-order valence-electron chi connectivity index (χ4n) is 2.12. The molecule has 1 aromatic heterocycles. The summed E-state index contributed by atoms with van der Waals surface area (Å²) in [5, 5.41) is 9.01. The molecule has 0 fully saturated rings. The van der Waals surface area contributed by atoms with Crippen LogP contribution in [0.2, 0.25) is 0 Å². The lowest BCUT2D eigenvalue weighted by molar-refractivity contribution is -0.116. The number of anilines is 1. The second-order valence-corrected chi connectivity index (χ2v) is 8.67. The molecule has 0 radical (unpaired) electrons. The summed E-state index contributed by atoms with van der Waals surface area (Å²) >= 11 is 1.45. The van der Waals surface area contributed by atoms with Crippen LogP contribution in [-0.2, 0) is 14.8 Å². The van der Waals surface area contributed by atoms with Crippen molar-refractivity contribution >= 4 is 38.9 Å². The number of carbonyl (C=O) groups excluding carboxylic acids is 2. The van der Waals surface area contributed by atoms with Crippen molar-refractivity contribution in [2.24, 2.45) is 0 Å². The molecule has 0 aliphatic carbocycles. The van der Waals surface area contributed by atoms with E-state index in [4.69, 9.17) is 0 Å². The number of nitrogens with one attached hydrogen (secondary N) is 2. The van der Waals surface area contributed by atoms with Gasteiger partial charge in [0.15, 0.2) is 0 Å². The van der Waals surface area contributed by atoms with Gasteiger partial charge in [0.05, 0.1) is 4.90 Å². The van der Waals surface area contributed by atoms with Crippen LogP contribution >= 0.6 is 11.3 Å². The van der Waals surface area contributed by atoms with Crippen LogP contribution in [0.25, 0.3) is 0 Å². The molecule has 2 amide bonds. The van der Waals surface area contributed by atoms with Gasteiger partial charge in [-0.3, -0.25) is 9.59 Å². The summed E-state index contributed by atoms with van der Waals surface area (Å²) in [6.07, 6.45) is 0.700. The fraction of sp³-hybridized carbons (Fsp3) is 0.294. The summed E-state index contributed by atoms with van der Waals surface area (Å²) in [6.45, 7) is 0.386. The lowest BCUT2D eigenvalue weighted by atomic mass is 10.2. The highest BCUT2D eigenvalue weighted by Crippen LogP contribution is 2.18. The van der Waals surface area contributed by atoms with Crippen molar-refractivity contribution in [2.45, 2.75) is 17.7 Å². The molecular formula is C17H21N3O4S2. The molecular weight excluding hydrogens is 374 g/mol. The first kappa shape index (κ1) is 20.1. The Morgan fingerprint density at radius 3 is 2.62 bits per heavy atom. The smallest absolute Gasteiger partial charge is 0.252 e. The molecule has 0 spiro atoms. The van der Waals surface area contributed by atoms with E-state index in [0.29, 0.717) is 24.2 Å². The number of amides is 2. The Morgan fingerprint density at radius 1 is 1.19 bits per heavy atom. The van der Waals surface area contributed by atoms with Crippen LogP contribution in [0.5, 0.6) is 0 Å². The lowest BCUT2D eigenvalue weighted by Crippen LogP contribution is -2.25. The molecule has 0 aliphatic heterocycles. The molecule has 0 saturated carbocycles. The Bertz CT molecular complexity index is 862. The summed E-state index contributed by atoms with van der Waals surface area (Å²) in [4.78, 5) is 23.9. The molecule has 0 aliphatic rings. The number of hydrogen-bond donors (Lipinski definition) is 2. The van der Waals surface area contributed by atoms with Gasteiger partial charge in [-0.15, -0.1) is 0 Å². The van der Waals surface area contributed by atoms with Gasteiger partial charge in [-0.2, -0.15) is 11.3 Å². The standard InChI is InChI=1S/C17H21N3O4S2/c1-20(2)26(23,24)15-6-3-5-14(11-15)19-16(21)7-4-9-18-17(22)13-8-10-25-12-13/h3,5-6,8,10-12H,4,7,9H2,1-2H3,(H,18,22)(H,19,21). The van der Waals surface area contributed by atoms with Crippen LogP contribution in [0.3, 0.4) is 0 Å². The molecule has 140 valence electrons. The van der Waals surface area contributed by atoms with Crippen LogP contribution in [0.1, 0.15) is 23.2 Å². The van der Waals surface area contributed by atoms with Crippen LogP contribution in [0.15, 0.2) is 46.0 Å². The number of thiophene rings is 1. The third-order valence-corrected chi connectivity index (χ3v) is 6.04. The van der Waals surface area contributed by atoms with Crippen LogP contribution in [0, 0.1) is 0 Å². The minimum absolute atomic E-state index is 0.114. The van der Waals surface area contributed by atoms with Gasteiger partial charge < -0.3 is 10.6 Å². The van der Waals surface area contributed by atoms with E-state index in [9.17, 15) is 18.0 Å². The molecule has 0 saturated heterocycles. The second kappa shape index (κ2) is 8.93. The maximum Gasteiger partial charge on any atom is 0.252 e. The van der Waals surface area contributed by atoms with Gasteiger partial charge in [0.25, 0.3) is 5.91 Å². The quantitative estimate of drug-likeness (QED) is 0.670. The second-order valence-electron chi connectivity index (χ2n) is 5.73. The molecule has 7 nitrogen and oxygen atoms in total. The van der Waals surface area contributed by atoms with E-state index in [1.54, 1.807) is 23.6 Å². The largest absolute Gasteiger partial charge is 0.352 e. The SMILES string of the molecule is CN(C)S(=O)(=O)c1cccc(NC(=O)CCCNC(=O)c2ccsc2)c1. The van der Waals surface area contributed by atoms with Gasteiger partial charge in [-0.05, 0) is 36.1 Å². The zero-order valence-electron chi connectivity index (χ0n) is 14.6. The lowest BCUT2D eigenvalue weighted by Gasteiger charge is -2.12. The first-order valence-corrected chi connectivity index (χ1v) is 10.3. The molecule has 2 aromatic rings. The Balaban J connectivity index is 1.82. The summed E-state index contributed by atoms with van der Waals surface area (Å²) in [6, 6.07) is 7.84. The fourth-order valence-corrected chi connectivity index (χ4v) is 3.70. The molecule has 2 rings (SSSR count). The van der Waals surface area contributed by atoms with Crippen LogP contribution < -0.4 is 10.6 Å². The minimum Gasteiger partial charge on any atom is -0.352 e. The third kappa shape index (κ3) is 5.38. The third-order valence-electron chi connectivity index (χ3n) is 3.55. The van der Waals surface area contributed by atoms with Gasteiger partial charge >= 0.3 is 0 Å². The molecule has 0 atom stereocenters. The Labute approximate surface area is 157 Å². The van der Waals surface area contributed by atoms with E-state index < -0.39 is 10.0 Å². The van der Waals surface area contributed by atoms with Crippen molar-refractivity contribution in [3.63, 3.8) is 0 Å². The normalized spacial score (nSPS) is 11.3. The number of hydrogen-bond acceptors (Lipinski definition) is 5. The molecule has 2 N–H and O–H groups in total. The highest BCUT2D eigenvalue weighted by Gasteiger charge is 2.17. The highest BCUT2D eigenvalue weighted by atomic mass is 32.2. The first-order valence-electron chi connectivity index (χ1n) is 7.93. The van der Waals surface area contributed by atoms with Gasteiger partial charge in [0.2, 0.25) is 15.9 Å². The number of benzene rings is 1. The summed E-state index contributed by atoms with van der Waals surface area (Å²) < 4.78 is 25.3. The van der Waals surface area contributed by atoms with E-state index in [2.05, 4.69) is 10.6 Å². The van der Waals surface area contributed by atoms with E-state index in [-0.39, 0.29) is 23.1 Å². The van der Waals surface area contributed by atoms with E-state index in [1.165, 1.54) is 37.6 Å². The molecule has 9 heteroatoms. The number of carbonyl (C=O) groups is 2. The number of sulfonamides is 1. The highest BCUT2D eigenvalue weighted by molar-refractivity contribution is 7.89. The average molecular weight is 396 g/mol. The zero-order valence-corrected chi connectivity index (χ0v) is 16.2. The minimum atomic E-state index is -3.55. The zero-order chi connectivity index (χ0) is 19.2. The van der Waals surface area contributed by atoms with Crippen molar-refractivity contribution in [1.29, 1.82) is 0 Å². The summed E-state index contributed by atoms with van der Waals surface area (Å²) in [7, 11) is -0.653. The van der Waals surface area contributed by atoms with Crippen molar-refractivity contribution < 1.29 is 18.0 Å². The molecule has 26 heavy (non-hydrogen) atoms. The van der Waals surface area contributed by atoms with E-state index in [1.807, 2.05) is 5.38 Å². The van der Waals surface area contributed by atoms with E-state index >= 15 is 0 Å². The molecule has 1 aromatic carbocycles. The maximum absolute atomic E-state index is 12.1. The summed E-state index contributed by atoms with van der Waals surface area (Å²) in [5.74, 6) is -0.401. The molecule has 0 unspecified atom stereocenters. The number of nitrogens with zero attached hydrogens (tertiary/aromatic N) is 1. The molecule has 1 heterocycles. The molecule has 0 bridgehead atoms. The summed E-state index contributed by atoms with van der Waals surface area (Å²) in [5.41, 5.74) is 1.03. The van der Waals surface area contributed by atoms with Gasteiger partial charge in [-0.25, -0.2) is 12.7 Å². The van der Waals surface area contributed by atoms with Gasteiger partial charge in [0, 0.05) is 43.7 Å². The Hall–Kier alpha value is -2.23. The van der Waals surface area contributed by atoms with Crippen molar-refractivity contribution in [1.82, 2.24) is 9.62 Å². The van der Waals surface area contributed by atoms with E-state index in [0.717, 1.165) is 4.31 Å². The van der Waals surface area contributed by atoms with Gasteiger partial charge in [0.1, 0.15) is 0 Å².